The minimum absolute atomic E-state index is 0.00586. The Hall–Kier alpha value is -2.95. The van der Waals surface area contributed by atoms with Crippen molar-refractivity contribution in [2.24, 2.45) is 0 Å². The number of aromatic nitrogens is 1. The summed E-state index contributed by atoms with van der Waals surface area (Å²) in [5.74, 6) is -0.0867. The van der Waals surface area contributed by atoms with Gasteiger partial charge in [-0.2, -0.15) is 0 Å². The molecule has 0 spiro atoms. The summed E-state index contributed by atoms with van der Waals surface area (Å²) in [6.07, 6.45) is 5.53. The molecule has 1 aliphatic rings. The average molecular weight is 363 g/mol. The predicted octanol–water partition coefficient (Wildman–Crippen LogP) is 3.31. The fourth-order valence-electron chi connectivity index (χ4n) is 3.58. The molecular formula is C22H25N3O2. The Balaban J connectivity index is 1.90. The SMILES string of the molecule is C=CC(=O)N1CCN(C(=O)c2ccncc2-c2cccc(C)c2)C(CC)C1. The highest BCUT2D eigenvalue weighted by Gasteiger charge is 2.32. The molecule has 0 saturated carbocycles. The molecule has 1 atom stereocenters. The molecule has 1 aromatic heterocycles. The lowest BCUT2D eigenvalue weighted by Gasteiger charge is -2.41. The highest BCUT2D eigenvalue weighted by molar-refractivity contribution is 6.01. The highest BCUT2D eigenvalue weighted by Crippen LogP contribution is 2.26. The number of pyridine rings is 1. The Bertz CT molecular complexity index is 862. The van der Waals surface area contributed by atoms with Crippen LogP contribution in [0.1, 0.15) is 29.3 Å². The molecule has 3 rings (SSSR count). The lowest BCUT2D eigenvalue weighted by Crippen LogP contribution is -2.56. The van der Waals surface area contributed by atoms with Gasteiger partial charge in [-0.1, -0.05) is 43.3 Å². The first-order valence-electron chi connectivity index (χ1n) is 9.28. The van der Waals surface area contributed by atoms with E-state index in [1.54, 1.807) is 23.4 Å². The molecule has 2 amide bonds. The largest absolute Gasteiger partial charge is 0.335 e. The Morgan fingerprint density at radius 1 is 1.30 bits per heavy atom. The molecule has 0 bridgehead atoms. The molecular weight excluding hydrogens is 338 g/mol. The van der Waals surface area contributed by atoms with Crippen LogP contribution in [0.25, 0.3) is 11.1 Å². The second-order valence-electron chi connectivity index (χ2n) is 6.84. The molecule has 1 aromatic carbocycles. The number of hydrogen-bond acceptors (Lipinski definition) is 3. The second-order valence-corrected chi connectivity index (χ2v) is 6.84. The monoisotopic (exact) mass is 363 g/mol. The molecule has 140 valence electrons. The summed E-state index contributed by atoms with van der Waals surface area (Å²) in [6.45, 7) is 9.22. The van der Waals surface area contributed by atoms with Crippen LogP contribution in [-0.4, -0.2) is 52.3 Å². The molecule has 0 N–H and O–H groups in total. The molecule has 5 heteroatoms. The van der Waals surface area contributed by atoms with E-state index < -0.39 is 0 Å². The Morgan fingerprint density at radius 2 is 2.11 bits per heavy atom. The lowest BCUT2D eigenvalue weighted by atomic mass is 9.98. The van der Waals surface area contributed by atoms with Gasteiger partial charge < -0.3 is 9.80 Å². The minimum atomic E-state index is -0.0788. The van der Waals surface area contributed by atoms with Crippen molar-refractivity contribution in [1.82, 2.24) is 14.8 Å². The Labute approximate surface area is 160 Å². The van der Waals surface area contributed by atoms with E-state index in [0.29, 0.717) is 25.2 Å². The fraction of sp³-hybridized carbons (Fsp3) is 0.318. The number of piperazine rings is 1. The summed E-state index contributed by atoms with van der Waals surface area (Å²) >= 11 is 0. The minimum Gasteiger partial charge on any atom is -0.335 e. The van der Waals surface area contributed by atoms with Gasteiger partial charge in [0, 0.05) is 43.6 Å². The first kappa shape index (κ1) is 18.8. The van der Waals surface area contributed by atoms with E-state index in [1.807, 2.05) is 36.9 Å². The van der Waals surface area contributed by atoms with Crippen molar-refractivity contribution in [2.75, 3.05) is 19.6 Å². The van der Waals surface area contributed by atoms with Gasteiger partial charge in [0.05, 0.1) is 5.56 Å². The van der Waals surface area contributed by atoms with Gasteiger partial charge in [0.25, 0.3) is 5.91 Å². The van der Waals surface area contributed by atoms with Gasteiger partial charge in [0.15, 0.2) is 0 Å². The summed E-state index contributed by atoms with van der Waals surface area (Å²) in [6, 6.07) is 9.86. The van der Waals surface area contributed by atoms with Gasteiger partial charge in [-0.3, -0.25) is 14.6 Å². The summed E-state index contributed by atoms with van der Waals surface area (Å²) < 4.78 is 0. The van der Waals surface area contributed by atoms with Gasteiger partial charge >= 0.3 is 0 Å². The number of amides is 2. The van der Waals surface area contributed by atoms with Crippen LogP contribution in [-0.2, 0) is 4.79 Å². The number of carbonyl (C=O) groups is 2. The summed E-state index contributed by atoms with van der Waals surface area (Å²) in [5, 5.41) is 0. The standard InChI is InChI=1S/C22H25N3O2/c1-4-18-15-24(21(26)5-2)11-12-25(18)22(27)19-9-10-23-14-20(19)17-8-6-7-16(3)13-17/h5-10,13-14,18H,2,4,11-12,15H2,1,3H3. The Morgan fingerprint density at radius 3 is 2.81 bits per heavy atom. The van der Waals surface area contributed by atoms with Crippen molar-refractivity contribution >= 4 is 11.8 Å². The van der Waals surface area contributed by atoms with Crippen LogP contribution in [0.4, 0.5) is 0 Å². The van der Waals surface area contributed by atoms with E-state index in [0.717, 1.165) is 23.1 Å². The van der Waals surface area contributed by atoms with Crippen LogP contribution in [0.2, 0.25) is 0 Å². The zero-order valence-electron chi connectivity index (χ0n) is 15.9. The topological polar surface area (TPSA) is 53.5 Å². The molecule has 0 radical (unpaired) electrons. The number of nitrogens with zero attached hydrogens (tertiary/aromatic N) is 3. The molecule has 5 nitrogen and oxygen atoms in total. The number of rotatable bonds is 4. The Kier molecular flexibility index (Phi) is 5.69. The van der Waals surface area contributed by atoms with Crippen LogP contribution >= 0.6 is 0 Å². The number of hydrogen-bond donors (Lipinski definition) is 0. The van der Waals surface area contributed by atoms with Gasteiger partial charge in [0.1, 0.15) is 0 Å². The van der Waals surface area contributed by atoms with Crippen molar-refractivity contribution in [3.05, 3.63) is 66.5 Å². The van der Waals surface area contributed by atoms with Crippen LogP contribution in [0.3, 0.4) is 0 Å². The zero-order valence-corrected chi connectivity index (χ0v) is 15.9. The van der Waals surface area contributed by atoms with Gasteiger partial charge in [-0.05, 0) is 31.1 Å². The maximum absolute atomic E-state index is 13.4. The van der Waals surface area contributed by atoms with Crippen LogP contribution in [0.15, 0.2) is 55.4 Å². The van der Waals surface area contributed by atoms with Crippen molar-refractivity contribution in [3.63, 3.8) is 0 Å². The van der Waals surface area contributed by atoms with Crippen LogP contribution < -0.4 is 0 Å². The third kappa shape index (κ3) is 3.92. The van der Waals surface area contributed by atoms with Gasteiger partial charge in [0.2, 0.25) is 5.91 Å². The van der Waals surface area contributed by atoms with Crippen LogP contribution in [0, 0.1) is 6.92 Å². The average Bonchev–Trinajstić information content (AvgIpc) is 2.72. The van der Waals surface area contributed by atoms with Gasteiger partial charge in [-0.15, -0.1) is 0 Å². The van der Waals surface area contributed by atoms with E-state index in [1.165, 1.54) is 6.08 Å². The maximum Gasteiger partial charge on any atom is 0.254 e. The summed E-state index contributed by atoms with van der Waals surface area (Å²) in [4.78, 5) is 33.2. The summed E-state index contributed by atoms with van der Waals surface area (Å²) in [7, 11) is 0. The van der Waals surface area contributed by atoms with Crippen molar-refractivity contribution in [1.29, 1.82) is 0 Å². The normalized spacial score (nSPS) is 16.9. The van der Waals surface area contributed by atoms with E-state index >= 15 is 0 Å². The summed E-state index contributed by atoms with van der Waals surface area (Å²) in [5.41, 5.74) is 3.61. The molecule has 27 heavy (non-hydrogen) atoms. The maximum atomic E-state index is 13.4. The predicted molar refractivity (Wildman–Crippen MR) is 106 cm³/mol. The smallest absolute Gasteiger partial charge is 0.254 e. The molecule has 1 aliphatic heterocycles. The molecule has 1 unspecified atom stereocenters. The molecule has 1 fully saturated rings. The molecule has 2 aromatic rings. The second kappa shape index (κ2) is 8.16. The number of carbonyl (C=O) groups excluding carboxylic acids is 2. The molecule has 1 saturated heterocycles. The van der Waals surface area contributed by atoms with Crippen molar-refractivity contribution < 1.29 is 9.59 Å². The molecule has 0 aliphatic carbocycles. The van der Waals surface area contributed by atoms with E-state index in [-0.39, 0.29) is 17.9 Å². The van der Waals surface area contributed by atoms with Gasteiger partial charge in [-0.25, -0.2) is 0 Å². The third-order valence-corrected chi connectivity index (χ3v) is 5.08. The number of aryl methyl sites for hydroxylation is 1. The molecule has 2 heterocycles. The van der Waals surface area contributed by atoms with E-state index in [4.69, 9.17) is 0 Å². The first-order chi connectivity index (χ1) is 13.0. The van der Waals surface area contributed by atoms with Crippen molar-refractivity contribution in [3.8, 4) is 11.1 Å². The van der Waals surface area contributed by atoms with E-state index in [2.05, 4.69) is 17.6 Å². The highest BCUT2D eigenvalue weighted by atomic mass is 16.2. The van der Waals surface area contributed by atoms with E-state index in [9.17, 15) is 9.59 Å². The number of benzene rings is 1. The lowest BCUT2D eigenvalue weighted by molar-refractivity contribution is -0.128. The van der Waals surface area contributed by atoms with Crippen molar-refractivity contribution in [2.45, 2.75) is 26.3 Å². The zero-order chi connectivity index (χ0) is 19.4. The van der Waals surface area contributed by atoms with Crippen LogP contribution in [0.5, 0.6) is 0 Å². The first-order valence-corrected chi connectivity index (χ1v) is 9.28. The third-order valence-electron chi connectivity index (χ3n) is 5.08. The fourth-order valence-corrected chi connectivity index (χ4v) is 3.58. The quantitative estimate of drug-likeness (QED) is 0.783.